The SMILES string of the molecule is CC1CCC(N(C)C(C)CN)CC1C. The van der Waals surface area contributed by atoms with Gasteiger partial charge in [0.25, 0.3) is 0 Å². The largest absolute Gasteiger partial charge is 0.329 e. The third-order valence-electron chi connectivity index (χ3n) is 4.18. The van der Waals surface area contributed by atoms with Crippen molar-refractivity contribution < 1.29 is 0 Å². The van der Waals surface area contributed by atoms with Crippen LogP contribution in [0.2, 0.25) is 0 Å². The molecule has 1 rings (SSSR count). The fourth-order valence-corrected chi connectivity index (χ4v) is 2.42. The van der Waals surface area contributed by atoms with Gasteiger partial charge in [0.1, 0.15) is 0 Å². The Morgan fingerprint density at radius 1 is 1.29 bits per heavy atom. The average Bonchev–Trinajstić information content (AvgIpc) is 2.20. The molecule has 0 spiro atoms. The molecule has 2 N–H and O–H groups in total. The molecule has 84 valence electrons. The number of nitrogens with zero attached hydrogens (tertiary/aromatic N) is 1. The number of likely N-dealkylation sites (N-methyl/N-ethyl adjacent to an activating group) is 1. The zero-order valence-electron chi connectivity index (χ0n) is 10.2. The third kappa shape index (κ3) is 2.71. The fourth-order valence-electron chi connectivity index (χ4n) is 2.42. The van der Waals surface area contributed by atoms with Gasteiger partial charge in [-0.25, -0.2) is 0 Å². The second-order valence-electron chi connectivity index (χ2n) is 5.17. The Labute approximate surface area is 88.8 Å². The van der Waals surface area contributed by atoms with Crippen molar-refractivity contribution in [3.63, 3.8) is 0 Å². The van der Waals surface area contributed by atoms with Crippen LogP contribution in [0.15, 0.2) is 0 Å². The van der Waals surface area contributed by atoms with Crippen LogP contribution in [-0.2, 0) is 0 Å². The standard InChI is InChI=1S/C12H26N2/c1-9-5-6-12(7-10(9)2)14(4)11(3)8-13/h9-12H,5-8,13H2,1-4H3. The predicted molar refractivity (Wildman–Crippen MR) is 62.2 cm³/mol. The second-order valence-corrected chi connectivity index (χ2v) is 5.17. The number of hydrogen-bond donors (Lipinski definition) is 1. The van der Waals surface area contributed by atoms with Crippen molar-refractivity contribution in [1.82, 2.24) is 4.90 Å². The molecule has 4 unspecified atom stereocenters. The van der Waals surface area contributed by atoms with Gasteiger partial charge < -0.3 is 5.73 Å². The molecule has 0 saturated heterocycles. The Hall–Kier alpha value is -0.0800. The van der Waals surface area contributed by atoms with E-state index in [4.69, 9.17) is 5.73 Å². The molecular formula is C12H26N2. The summed E-state index contributed by atoms with van der Waals surface area (Å²) in [5.74, 6) is 1.79. The molecule has 0 heterocycles. The molecule has 0 aliphatic heterocycles. The first-order valence-electron chi connectivity index (χ1n) is 5.98. The molecular weight excluding hydrogens is 172 g/mol. The van der Waals surface area contributed by atoms with Crippen molar-refractivity contribution in [2.24, 2.45) is 17.6 Å². The normalized spacial score (nSPS) is 36.0. The van der Waals surface area contributed by atoms with Gasteiger partial charge in [-0.3, -0.25) is 4.90 Å². The zero-order chi connectivity index (χ0) is 10.7. The van der Waals surface area contributed by atoms with Gasteiger partial charge in [0.15, 0.2) is 0 Å². The van der Waals surface area contributed by atoms with Crippen LogP contribution < -0.4 is 5.73 Å². The van der Waals surface area contributed by atoms with Crippen LogP contribution in [0.3, 0.4) is 0 Å². The summed E-state index contributed by atoms with van der Waals surface area (Å²) in [5.41, 5.74) is 5.70. The number of nitrogens with two attached hydrogens (primary N) is 1. The van der Waals surface area contributed by atoms with Crippen LogP contribution in [0.25, 0.3) is 0 Å². The lowest BCUT2D eigenvalue weighted by Crippen LogP contribution is -2.45. The number of rotatable bonds is 3. The Morgan fingerprint density at radius 3 is 2.43 bits per heavy atom. The monoisotopic (exact) mass is 198 g/mol. The van der Waals surface area contributed by atoms with Gasteiger partial charge in [-0.2, -0.15) is 0 Å². The molecule has 2 heteroatoms. The van der Waals surface area contributed by atoms with Gasteiger partial charge in [0.05, 0.1) is 0 Å². The minimum atomic E-state index is 0.528. The van der Waals surface area contributed by atoms with Gasteiger partial charge >= 0.3 is 0 Å². The minimum Gasteiger partial charge on any atom is -0.329 e. The minimum absolute atomic E-state index is 0.528. The highest BCUT2D eigenvalue weighted by atomic mass is 15.2. The first-order valence-corrected chi connectivity index (χ1v) is 5.98. The molecule has 1 aliphatic carbocycles. The van der Waals surface area contributed by atoms with E-state index in [1.54, 1.807) is 0 Å². The molecule has 14 heavy (non-hydrogen) atoms. The van der Waals surface area contributed by atoms with E-state index in [2.05, 4.69) is 32.7 Å². The summed E-state index contributed by atoms with van der Waals surface area (Å²) in [6.45, 7) is 7.77. The van der Waals surface area contributed by atoms with Crippen molar-refractivity contribution in [2.75, 3.05) is 13.6 Å². The van der Waals surface area contributed by atoms with E-state index in [9.17, 15) is 0 Å². The maximum atomic E-state index is 5.70. The highest BCUT2D eigenvalue weighted by Crippen LogP contribution is 2.32. The van der Waals surface area contributed by atoms with E-state index in [-0.39, 0.29) is 0 Å². The van der Waals surface area contributed by atoms with E-state index >= 15 is 0 Å². The van der Waals surface area contributed by atoms with Crippen molar-refractivity contribution in [2.45, 2.75) is 52.1 Å². The summed E-state index contributed by atoms with van der Waals surface area (Å²) >= 11 is 0. The van der Waals surface area contributed by atoms with E-state index in [0.717, 1.165) is 24.4 Å². The Morgan fingerprint density at radius 2 is 1.93 bits per heavy atom. The fraction of sp³-hybridized carbons (Fsp3) is 1.00. The Bertz CT molecular complexity index is 170. The maximum absolute atomic E-state index is 5.70. The molecule has 0 amide bonds. The Kier molecular flexibility index (Phi) is 4.39. The lowest BCUT2D eigenvalue weighted by molar-refractivity contribution is 0.104. The molecule has 0 aromatic rings. The molecule has 1 fully saturated rings. The van der Waals surface area contributed by atoms with Crippen molar-refractivity contribution in [1.29, 1.82) is 0 Å². The molecule has 2 nitrogen and oxygen atoms in total. The van der Waals surface area contributed by atoms with Gasteiger partial charge in [-0.1, -0.05) is 13.8 Å². The smallest absolute Gasteiger partial charge is 0.0190 e. The summed E-state index contributed by atoms with van der Waals surface area (Å²) in [5, 5.41) is 0. The molecule has 1 aliphatic rings. The summed E-state index contributed by atoms with van der Waals surface area (Å²) in [7, 11) is 2.23. The summed E-state index contributed by atoms with van der Waals surface area (Å²) in [4.78, 5) is 2.47. The quantitative estimate of drug-likeness (QED) is 0.752. The third-order valence-corrected chi connectivity index (χ3v) is 4.18. The van der Waals surface area contributed by atoms with Crippen molar-refractivity contribution in [3.8, 4) is 0 Å². The average molecular weight is 198 g/mol. The van der Waals surface area contributed by atoms with Gasteiger partial charge in [-0.15, -0.1) is 0 Å². The highest BCUT2D eigenvalue weighted by Gasteiger charge is 2.28. The first kappa shape index (κ1) is 12.0. The summed E-state index contributed by atoms with van der Waals surface area (Å²) < 4.78 is 0. The first-order chi connectivity index (χ1) is 6.56. The van der Waals surface area contributed by atoms with Crippen molar-refractivity contribution in [3.05, 3.63) is 0 Å². The maximum Gasteiger partial charge on any atom is 0.0190 e. The van der Waals surface area contributed by atoms with Crippen molar-refractivity contribution >= 4 is 0 Å². The zero-order valence-corrected chi connectivity index (χ0v) is 10.2. The van der Waals surface area contributed by atoms with Crippen LogP contribution >= 0.6 is 0 Å². The van der Waals surface area contributed by atoms with E-state index in [1.807, 2.05) is 0 Å². The van der Waals surface area contributed by atoms with Crippen LogP contribution in [0.4, 0.5) is 0 Å². The van der Waals surface area contributed by atoms with Crippen LogP contribution in [0, 0.1) is 11.8 Å². The molecule has 0 bridgehead atoms. The predicted octanol–water partition coefficient (Wildman–Crippen LogP) is 2.09. The lowest BCUT2D eigenvalue weighted by atomic mass is 9.78. The lowest BCUT2D eigenvalue weighted by Gasteiger charge is -2.39. The molecule has 4 atom stereocenters. The van der Waals surface area contributed by atoms with E-state index in [1.165, 1.54) is 19.3 Å². The second kappa shape index (κ2) is 5.13. The summed E-state index contributed by atoms with van der Waals surface area (Å²) in [6, 6.07) is 1.29. The van der Waals surface area contributed by atoms with Crippen LogP contribution in [0.1, 0.15) is 40.0 Å². The number of hydrogen-bond acceptors (Lipinski definition) is 2. The van der Waals surface area contributed by atoms with Gasteiger partial charge in [0.2, 0.25) is 0 Å². The van der Waals surface area contributed by atoms with Crippen LogP contribution in [0.5, 0.6) is 0 Å². The van der Waals surface area contributed by atoms with E-state index < -0.39 is 0 Å². The van der Waals surface area contributed by atoms with Gasteiger partial charge in [-0.05, 0) is 45.1 Å². The van der Waals surface area contributed by atoms with Crippen LogP contribution in [-0.4, -0.2) is 30.6 Å². The molecule has 0 aromatic carbocycles. The molecule has 0 aromatic heterocycles. The van der Waals surface area contributed by atoms with Gasteiger partial charge in [0, 0.05) is 18.6 Å². The van der Waals surface area contributed by atoms with E-state index in [0.29, 0.717) is 6.04 Å². The topological polar surface area (TPSA) is 29.3 Å². The summed E-state index contributed by atoms with van der Waals surface area (Å²) in [6.07, 6.45) is 4.09. The molecule has 1 saturated carbocycles. The molecule has 0 radical (unpaired) electrons. The Balaban J connectivity index is 2.45. The highest BCUT2D eigenvalue weighted by molar-refractivity contribution is 4.82.